The molecule has 5 N–H and O–H groups in total. The Hall–Kier alpha value is -3.58. The number of rotatable bonds is 6. The first-order chi connectivity index (χ1) is 15.6. The topological polar surface area (TPSA) is 109 Å². The molecule has 32 heavy (non-hydrogen) atoms. The molecule has 0 fully saturated rings. The van der Waals surface area contributed by atoms with Crippen molar-refractivity contribution >= 4 is 34.0 Å². The van der Waals surface area contributed by atoms with Crippen molar-refractivity contribution in [2.24, 2.45) is 10.7 Å². The van der Waals surface area contributed by atoms with Gasteiger partial charge in [-0.15, -0.1) is 0 Å². The van der Waals surface area contributed by atoms with E-state index in [4.69, 9.17) is 15.5 Å². The summed E-state index contributed by atoms with van der Waals surface area (Å²) in [6, 6.07) is 19.1. The Morgan fingerprint density at radius 3 is 2.75 bits per heavy atom. The van der Waals surface area contributed by atoms with Crippen LogP contribution in [0.2, 0.25) is 0 Å². The standard InChI is InChI=1S/C25H26N4O3/c26-14-6-5-11-20(23(30)31)27-24-25(15-17-8-2-4-10-19(17)29-25)32-21-13-12-16-7-1-3-9-18(16)22(21)28-24/h1-4,7-10,12-13,20,29H,5-6,11,14-15,26H2,(H,27,28)(H,30,31)/t20-,25?/m0/s1. The number of nitrogens with zero attached hydrogens (tertiary/aromatic N) is 1. The number of carboxylic acids is 1. The molecule has 2 atom stereocenters. The normalized spacial score (nSPS) is 20.8. The smallest absolute Gasteiger partial charge is 0.328 e. The van der Waals surface area contributed by atoms with Crippen LogP contribution in [0.1, 0.15) is 24.8 Å². The second-order valence-corrected chi connectivity index (χ2v) is 8.29. The number of aliphatic imine (C=N–C) groups is 1. The number of nitrogens with two attached hydrogens (primary N) is 1. The van der Waals surface area contributed by atoms with Crippen molar-refractivity contribution in [2.45, 2.75) is 37.5 Å². The quantitative estimate of drug-likeness (QED) is 0.440. The van der Waals surface area contributed by atoms with E-state index in [0.29, 0.717) is 37.4 Å². The minimum Gasteiger partial charge on any atom is -0.480 e. The minimum absolute atomic E-state index is 0.420. The van der Waals surface area contributed by atoms with Crippen LogP contribution in [-0.2, 0) is 11.2 Å². The number of carboxylic acid groups (broad SMARTS) is 1. The number of nitrogens with one attached hydrogen (secondary N) is 2. The molecule has 0 aromatic heterocycles. The number of anilines is 2. The number of carbonyl (C=O) groups is 1. The van der Waals surface area contributed by atoms with Gasteiger partial charge in [-0.1, -0.05) is 48.5 Å². The fourth-order valence-corrected chi connectivity index (χ4v) is 4.47. The first-order valence-electron chi connectivity index (χ1n) is 10.9. The molecular formula is C25H26N4O3. The van der Waals surface area contributed by atoms with Crippen LogP contribution in [0.3, 0.4) is 0 Å². The van der Waals surface area contributed by atoms with Crippen LogP contribution in [0.4, 0.5) is 11.4 Å². The molecule has 7 heteroatoms. The van der Waals surface area contributed by atoms with E-state index in [1.807, 2.05) is 60.7 Å². The Morgan fingerprint density at radius 1 is 1.12 bits per heavy atom. The molecule has 3 aromatic rings. The fraction of sp³-hybridized carbons (Fsp3) is 0.280. The second kappa shape index (κ2) is 8.16. The van der Waals surface area contributed by atoms with E-state index < -0.39 is 17.7 Å². The summed E-state index contributed by atoms with van der Waals surface area (Å²) in [7, 11) is 0. The Morgan fingerprint density at radius 2 is 1.94 bits per heavy atom. The zero-order valence-electron chi connectivity index (χ0n) is 17.7. The third-order valence-corrected chi connectivity index (χ3v) is 6.10. The third kappa shape index (κ3) is 3.54. The van der Waals surface area contributed by atoms with Crippen molar-refractivity contribution < 1.29 is 14.6 Å². The van der Waals surface area contributed by atoms with Crippen LogP contribution >= 0.6 is 0 Å². The van der Waals surface area contributed by atoms with Crippen LogP contribution in [0.5, 0.6) is 5.75 Å². The molecule has 7 nitrogen and oxygen atoms in total. The summed E-state index contributed by atoms with van der Waals surface area (Å²) >= 11 is 0. The van der Waals surface area contributed by atoms with E-state index in [-0.39, 0.29) is 0 Å². The lowest BCUT2D eigenvalue weighted by molar-refractivity contribution is -0.138. The molecule has 0 radical (unpaired) electrons. The molecule has 3 aromatic carbocycles. The van der Waals surface area contributed by atoms with E-state index in [0.717, 1.165) is 34.1 Å². The average Bonchev–Trinajstić information content (AvgIpc) is 3.17. The fourth-order valence-electron chi connectivity index (χ4n) is 4.47. The van der Waals surface area contributed by atoms with Gasteiger partial charge in [-0.25, -0.2) is 4.79 Å². The summed E-state index contributed by atoms with van der Waals surface area (Å²) in [5, 5.41) is 18.8. The van der Waals surface area contributed by atoms with Gasteiger partial charge < -0.3 is 26.2 Å². The lowest BCUT2D eigenvalue weighted by Gasteiger charge is -2.38. The van der Waals surface area contributed by atoms with E-state index in [1.165, 1.54) is 0 Å². The Kier molecular flexibility index (Phi) is 5.19. The highest BCUT2D eigenvalue weighted by Crippen LogP contribution is 2.44. The molecule has 5 rings (SSSR count). The summed E-state index contributed by atoms with van der Waals surface area (Å²) in [4.78, 5) is 16.7. The minimum atomic E-state index is -0.985. The third-order valence-electron chi connectivity index (χ3n) is 6.10. The number of ether oxygens (including phenoxy) is 1. The summed E-state index contributed by atoms with van der Waals surface area (Å²) in [6.45, 7) is 0.532. The molecule has 164 valence electrons. The van der Waals surface area contributed by atoms with Crippen LogP contribution < -0.4 is 21.1 Å². The van der Waals surface area contributed by atoms with Crippen molar-refractivity contribution in [1.82, 2.24) is 0 Å². The van der Waals surface area contributed by atoms with Gasteiger partial charge >= 0.3 is 5.97 Å². The second-order valence-electron chi connectivity index (χ2n) is 8.29. The molecule has 2 aliphatic heterocycles. The molecule has 0 saturated heterocycles. The van der Waals surface area contributed by atoms with E-state index in [9.17, 15) is 9.90 Å². The first kappa shape index (κ1) is 20.3. The number of hydrogen-bond acceptors (Lipinski definition) is 5. The number of benzene rings is 3. The lowest BCUT2D eigenvalue weighted by atomic mass is 10.0. The summed E-state index contributed by atoms with van der Waals surface area (Å²) in [6.07, 6.45) is 2.42. The van der Waals surface area contributed by atoms with Crippen LogP contribution in [-0.4, -0.2) is 35.2 Å². The highest BCUT2D eigenvalue weighted by molar-refractivity contribution is 6.13. The highest BCUT2D eigenvalue weighted by atomic mass is 16.5. The summed E-state index contributed by atoms with van der Waals surface area (Å²) < 4.78 is 6.57. The van der Waals surface area contributed by atoms with Crippen LogP contribution in [0.25, 0.3) is 10.8 Å². The highest BCUT2D eigenvalue weighted by Gasteiger charge is 2.48. The van der Waals surface area contributed by atoms with Gasteiger partial charge in [0.05, 0.1) is 5.69 Å². The molecule has 2 aliphatic rings. The van der Waals surface area contributed by atoms with Gasteiger partial charge in [0.1, 0.15) is 11.8 Å². The first-order valence-corrected chi connectivity index (χ1v) is 10.9. The molecule has 0 amide bonds. The number of para-hydroxylation sites is 1. The SMILES string of the molecule is NCCCC[C@H](N=C1Nc2c(ccc3ccccc23)OC12Cc1ccccc1N2)C(=O)O. The van der Waals surface area contributed by atoms with Crippen LogP contribution in [0.15, 0.2) is 65.7 Å². The zero-order valence-corrected chi connectivity index (χ0v) is 17.7. The Balaban J connectivity index is 1.60. The molecule has 0 aliphatic carbocycles. The Bertz CT molecular complexity index is 1180. The van der Waals surface area contributed by atoms with Crippen molar-refractivity contribution in [3.05, 3.63) is 66.2 Å². The van der Waals surface area contributed by atoms with Crippen molar-refractivity contribution in [3.63, 3.8) is 0 Å². The molecule has 0 bridgehead atoms. The lowest BCUT2D eigenvalue weighted by Crippen LogP contribution is -2.56. The van der Waals surface area contributed by atoms with Gasteiger partial charge in [0.15, 0.2) is 5.84 Å². The molecule has 2 heterocycles. The van der Waals surface area contributed by atoms with Gasteiger partial charge in [-0.2, -0.15) is 0 Å². The van der Waals surface area contributed by atoms with Crippen molar-refractivity contribution in [1.29, 1.82) is 0 Å². The van der Waals surface area contributed by atoms with Crippen LogP contribution in [0, 0.1) is 0 Å². The monoisotopic (exact) mass is 430 g/mol. The predicted octanol–water partition coefficient (Wildman–Crippen LogP) is 3.99. The van der Waals surface area contributed by atoms with Gasteiger partial charge in [-0.3, -0.25) is 4.99 Å². The molecule has 1 unspecified atom stereocenters. The van der Waals surface area contributed by atoms with E-state index in [1.54, 1.807) is 0 Å². The van der Waals surface area contributed by atoms with Gasteiger partial charge in [0.2, 0.25) is 5.72 Å². The summed E-state index contributed by atoms with van der Waals surface area (Å²) in [5.74, 6) is 0.237. The zero-order chi connectivity index (χ0) is 22.1. The van der Waals surface area contributed by atoms with E-state index >= 15 is 0 Å². The Labute approximate surface area is 186 Å². The number of hydrogen-bond donors (Lipinski definition) is 4. The maximum atomic E-state index is 12.0. The van der Waals surface area contributed by atoms with Gasteiger partial charge in [-0.05, 0) is 48.9 Å². The number of unbranched alkanes of at least 4 members (excludes halogenated alkanes) is 1. The van der Waals surface area contributed by atoms with Crippen molar-refractivity contribution in [2.75, 3.05) is 17.2 Å². The number of amidine groups is 1. The van der Waals surface area contributed by atoms with E-state index in [2.05, 4.69) is 10.6 Å². The molecular weight excluding hydrogens is 404 g/mol. The summed E-state index contributed by atoms with van der Waals surface area (Å²) in [5.41, 5.74) is 7.47. The van der Waals surface area contributed by atoms with Gasteiger partial charge in [0.25, 0.3) is 0 Å². The maximum Gasteiger partial charge on any atom is 0.328 e. The van der Waals surface area contributed by atoms with Crippen molar-refractivity contribution in [3.8, 4) is 5.75 Å². The predicted molar refractivity (Wildman–Crippen MR) is 126 cm³/mol. The number of fused-ring (bicyclic) bond motifs is 4. The molecule has 0 saturated carbocycles. The largest absolute Gasteiger partial charge is 0.480 e. The maximum absolute atomic E-state index is 12.0. The molecule has 1 spiro atoms. The number of aliphatic carboxylic acids is 1. The average molecular weight is 431 g/mol. The van der Waals surface area contributed by atoms with Gasteiger partial charge in [0, 0.05) is 17.5 Å².